The summed E-state index contributed by atoms with van der Waals surface area (Å²) in [6.07, 6.45) is 0.831. The van der Waals surface area contributed by atoms with Crippen LogP contribution >= 0.6 is 0 Å². The summed E-state index contributed by atoms with van der Waals surface area (Å²) in [5.74, 6) is -0.566. The van der Waals surface area contributed by atoms with Gasteiger partial charge in [0.1, 0.15) is 0 Å². The number of carbonyl (C=O) groups is 1. The molecule has 15 heavy (non-hydrogen) atoms. The van der Waals surface area contributed by atoms with Crippen molar-refractivity contribution < 1.29 is 9.53 Å². The summed E-state index contributed by atoms with van der Waals surface area (Å²) >= 11 is 0. The van der Waals surface area contributed by atoms with Gasteiger partial charge in [-0.1, -0.05) is 37.3 Å². The fourth-order valence-corrected chi connectivity index (χ4v) is 1.36. The average Bonchev–Trinajstić information content (AvgIpc) is 2.29. The van der Waals surface area contributed by atoms with Crippen molar-refractivity contribution in [3.63, 3.8) is 0 Å². The first-order chi connectivity index (χ1) is 7.29. The van der Waals surface area contributed by atoms with Gasteiger partial charge in [-0.3, -0.25) is 4.79 Å². The predicted molar refractivity (Wildman–Crippen MR) is 59.5 cm³/mol. The molecular formula is C12H17NO2. The Bertz CT molecular complexity index is 298. The first-order valence-corrected chi connectivity index (χ1v) is 5.21. The van der Waals surface area contributed by atoms with Gasteiger partial charge >= 0.3 is 5.97 Å². The van der Waals surface area contributed by atoms with E-state index in [0.29, 0.717) is 6.61 Å². The largest absolute Gasteiger partial charge is 0.465 e. The van der Waals surface area contributed by atoms with Crippen molar-refractivity contribution in [2.45, 2.75) is 19.3 Å². The molecule has 1 unspecified atom stereocenters. The van der Waals surface area contributed by atoms with Gasteiger partial charge in [-0.25, -0.2) is 0 Å². The third kappa shape index (κ3) is 3.36. The van der Waals surface area contributed by atoms with E-state index in [1.807, 2.05) is 37.3 Å². The minimum absolute atomic E-state index is 0.231. The third-order valence-corrected chi connectivity index (χ3v) is 2.17. The quantitative estimate of drug-likeness (QED) is 0.747. The lowest BCUT2D eigenvalue weighted by Gasteiger charge is -2.13. The van der Waals surface area contributed by atoms with E-state index >= 15 is 0 Å². The van der Waals surface area contributed by atoms with Crippen LogP contribution in [0.4, 0.5) is 0 Å². The first kappa shape index (κ1) is 11.7. The van der Waals surface area contributed by atoms with E-state index in [-0.39, 0.29) is 18.4 Å². The van der Waals surface area contributed by atoms with Gasteiger partial charge in [-0.05, 0) is 12.0 Å². The van der Waals surface area contributed by atoms with Crippen LogP contribution in [0.5, 0.6) is 0 Å². The molecule has 82 valence electrons. The summed E-state index contributed by atoms with van der Waals surface area (Å²) in [4.78, 5) is 11.6. The lowest BCUT2D eigenvalue weighted by atomic mass is 10.00. The molecular weight excluding hydrogens is 190 g/mol. The molecule has 0 bridgehead atoms. The minimum Gasteiger partial charge on any atom is -0.465 e. The van der Waals surface area contributed by atoms with Crippen LogP contribution in [0.1, 0.15) is 24.8 Å². The normalized spacial score (nSPS) is 12.1. The van der Waals surface area contributed by atoms with Crippen molar-refractivity contribution in [2.24, 2.45) is 5.73 Å². The van der Waals surface area contributed by atoms with Crippen molar-refractivity contribution in [1.82, 2.24) is 0 Å². The van der Waals surface area contributed by atoms with Crippen molar-refractivity contribution in [3.05, 3.63) is 35.9 Å². The molecule has 1 rings (SSSR count). The lowest BCUT2D eigenvalue weighted by molar-refractivity contribution is -0.145. The Morgan fingerprint density at radius 3 is 2.60 bits per heavy atom. The second-order valence-corrected chi connectivity index (χ2v) is 3.37. The SMILES string of the molecule is CCCOC(=O)C(CN)c1ccccc1. The van der Waals surface area contributed by atoms with E-state index in [2.05, 4.69) is 0 Å². The molecule has 3 heteroatoms. The molecule has 0 amide bonds. The van der Waals surface area contributed by atoms with Gasteiger partial charge in [0.2, 0.25) is 0 Å². The van der Waals surface area contributed by atoms with Crippen molar-refractivity contribution in [1.29, 1.82) is 0 Å². The number of ether oxygens (including phenoxy) is 1. The summed E-state index contributed by atoms with van der Waals surface area (Å²) in [5.41, 5.74) is 6.49. The molecule has 0 aliphatic carbocycles. The molecule has 1 atom stereocenters. The highest BCUT2D eigenvalue weighted by Crippen LogP contribution is 2.15. The third-order valence-electron chi connectivity index (χ3n) is 2.17. The first-order valence-electron chi connectivity index (χ1n) is 5.21. The summed E-state index contributed by atoms with van der Waals surface area (Å²) in [6.45, 7) is 2.71. The fourth-order valence-electron chi connectivity index (χ4n) is 1.36. The Morgan fingerprint density at radius 1 is 1.40 bits per heavy atom. The van der Waals surface area contributed by atoms with E-state index < -0.39 is 0 Å². The van der Waals surface area contributed by atoms with E-state index in [0.717, 1.165) is 12.0 Å². The summed E-state index contributed by atoms with van der Waals surface area (Å²) in [7, 11) is 0. The monoisotopic (exact) mass is 207 g/mol. The Labute approximate surface area is 90.2 Å². The summed E-state index contributed by atoms with van der Waals surface area (Å²) < 4.78 is 5.08. The highest BCUT2D eigenvalue weighted by Gasteiger charge is 2.19. The van der Waals surface area contributed by atoms with Gasteiger partial charge < -0.3 is 10.5 Å². The maximum atomic E-state index is 11.6. The summed E-state index contributed by atoms with van der Waals surface area (Å²) in [5, 5.41) is 0. The van der Waals surface area contributed by atoms with Crippen LogP contribution in [0, 0.1) is 0 Å². The number of hydrogen-bond donors (Lipinski definition) is 1. The van der Waals surface area contributed by atoms with Crippen LogP contribution in [0.25, 0.3) is 0 Å². The molecule has 3 nitrogen and oxygen atoms in total. The zero-order chi connectivity index (χ0) is 11.1. The van der Waals surface area contributed by atoms with Gasteiger partial charge in [0.15, 0.2) is 0 Å². The molecule has 0 aliphatic heterocycles. The highest BCUT2D eigenvalue weighted by molar-refractivity contribution is 5.78. The molecule has 0 spiro atoms. The van der Waals surface area contributed by atoms with Crippen molar-refractivity contribution in [3.8, 4) is 0 Å². The zero-order valence-corrected chi connectivity index (χ0v) is 8.98. The van der Waals surface area contributed by atoms with Gasteiger partial charge in [-0.15, -0.1) is 0 Å². The van der Waals surface area contributed by atoms with Crippen LogP contribution < -0.4 is 5.73 Å². The number of esters is 1. The molecule has 0 saturated carbocycles. The number of rotatable bonds is 5. The van der Waals surface area contributed by atoms with E-state index in [1.165, 1.54) is 0 Å². The molecule has 2 N–H and O–H groups in total. The Kier molecular flexibility index (Phi) is 4.84. The van der Waals surface area contributed by atoms with Crippen LogP contribution in [-0.2, 0) is 9.53 Å². The molecule has 1 aromatic rings. The number of benzene rings is 1. The standard InChI is InChI=1S/C12H17NO2/c1-2-8-15-12(14)11(9-13)10-6-4-3-5-7-10/h3-7,11H,2,8-9,13H2,1H3. The molecule has 0 aliphatic rings. The second-order valence-electron chi connectivity index (χ2n) is 3.37. The Morgan fingerprint density at radius 2 is 2.07 bits per heavy atom. The minimum atomic E-state index is -0.335. The Balaban J connectivity index is 2.67. The van der Waals surface area contributed by atoms with E-state index in [4.69, 9.17) is 10.5 Å². The maximum absolute atomic E-state index is 11.6. The van der Waals surface area contributed by atoms with Gasteiger partial charge in [0, 0.05) is 6.54 Å². The average molecular weight is 207 g/mol. The zero-order valence-electron chi connectivity index (χ0n) is 8.98. The van der Waals surface area contributed by atoms with Crippen LogP contribution in [0.15, 0.2) is 30.3 Å². The van der Waals surface area contributed by atoms with Crippen molar-refractivity contribution >= 4 is 5.97 Å². The molecule has 0 aromatic heterocycles. The maximum Gasteiger partial charge on any atom is 0.314 e. The Hall–Kier alpha value is -1.35. The van der Waals surface area contributed by atoms with Gasteiger partial charge in [0.05, 0.1) is 12.5 Å². The van der Waals surface area contributed by atoms with Gasteiger partial charge in [0.25, 0.3) is 0 Å². The summed E-state index contributed by atoms with van der Waals surface area (Å²) in [6, 6.07) is 9.49. The predicted octanol–water partition coefficient (Wildman–Crippen LogP) is 1.68. The van der Waals surface area contributed by atoms with E-state index in [1.54, 1.807) is 0 Å². The highest BCUT2D eigenvalue weighted by atomic mass is 16.5. The van der Waals surface area contributed by atoms with Crippen LogP contribution in [-0.4, -0.2) is 19.1 Å². The van der Waals surface area contributed by atoms with Crippen LogP contribution in [0.3, 0.4) is 0 Å². The lowest BCUT2D eigenvalue weighted by Crippen LogP contribution is -2.24. The molecule has 1 aromatic carbocycles. The topological polar surface area (TPSA) is 52.3 Å². The smallest absolute Gasteiger partial charge is 0.314 e. The fraction of sp³-hybridized carbons (Fsp3) is 0.417. The van der Waals surface area contributed by atoms with E-state index in [9.17, 15) is 4.79 Å². The number of nitrogens with two attached hydrogens (primary N) is 1. The molecule has 0 saturated heterocycles. The number of carbonyl (C=O) groups excluding carboxylic acids is 1. The van der Waals surface area contributed by atoms with Crippen molar-refractivity contribution in [2.75, 3.05) is 13.2 Å². The molecule has 0 radical (unpaired) electrons. The van der Waals surface area contributed by atoms with Crippen LogP contribution in [0.2, 0.25) is 0 Å². The van der Waals surface area contributed by atoms with Gasteiger partial charge in [-0.2, -0.15) is 0 Å². The molecule has 0 heterocycles. The number of hydrogen-bond acceptors (Lipinski definition) is 3. The second kappa shape index (κ2) is 6.19. The molecule has 0 fully saturated rings.